The summed E-state index contributed by atoms with van der Waals surface area (Å²) in [6.07, 6.45) is 0. The molecule has 1 rings (SSSR count). The fraction of sp³-hybridized carbons (Fsp3) is 0.538. The normalized spacial score (nSPS) is 12.7. The van der Waals surface area contributed by atoms with Crippen LogP contribution >= 0.6 is 0 Å². The van der Waals surface area contributed by atoms with Gasteiger partial charge in [0.25, 0.3) is 0 Å². The van der Waals surface area contributed by atoms with E-state index in [-0.39, 0.29) is 6.04 Å². The number of ether oxygens (including phenoxy) is 1. The number of halogens is 2. The Kier molecular flexibility index (Phi) is 6.78. The van der Waals surface area contributed by atoms with E-state index >= 15 is 0 Å². The molecule has 0 aliphatic heterocycles. The quantitative estimate of drug-likeness (QED) is 0.696. The molecule has 0 spiro atoms. The van der Waals surface area contributed by atoms with Crippen molar-refractivity contribution in [3.8, 4) is 0 Å². The van der Waals surface area contributed by atoms with E-state index in [0.29, 0.717) is 18.7 Å². The fourth-order valence-corrected chi connectivity index (χ4v) is 1.57. The number of hydrogen-bond acceptors (Lipinski definition) is 3. The lowest BCUT2D eigenvalue weighted by molar-refractivity contribution is 0.198. The summed E-state index contributed by atoms with van der Waals surface area (Å²) in [5.74, 6) is -1.09. The maximum Gasteiger partial charge on any atom is 0.126 e. The van der Waals surface area contributed by atoms with Crippen LogP contribution < -0.4 is 10.6 Å². The minimum absolute atomic E-state index is 0.216. The van der Waals surface area contributed by atoms with Gasteiger partial charge in [-0.2, -0.15) is 0 Å². The monoisotopic (exact) mass is 258 g/mol. The largest absolute Gasteiger partial charge is 0.383 e. The molecule has 0 aromatic heterocycles. The Bertz CT molecular complexity index is 341. The summed E-state index contributed by atoms with van der Waals surface area (Å²) >= 11 is 0. The molecule has 0 radical (unpaired) electrons. The molecule has 1 aromatic rings. The third-order valence-electron chi connectivity index (χ3n) is 2.51. The van der Waals surface area contributed by atoms with Gasteiger partial charge in [-0.15, -0.1) is 0 Å². The van der Waals surface area contributed by atoms with Gasteiger partial charge in [0.2, 0.25) is 0 Å². The second kappa shape index (κ2) is 8.13. The lowest BCUT2D eigenvalue weighted by Crippen LogP contribution is -2.37. The Labute approximate surface area is 107 Å². The molecule has 1 atom stereocenters. The van der Waals surface area contributed by atoms with Crippen molar-refractivity contribution >= 4 is 0 Å². The molecule has 0 amide bonds. The zero-order valence-corrected chi connectivity index (χ0v) is 10.8. The Morgan fingerprint density at radius 3 is 2.50 bits per heavy atom. The molecular weight excluding hydrogens is 238 g/mol. The first-order chi connectivity index (χ1) is 8.61. The molecule has 3 nitrogen and oxygen atoms in total. The highest BCUT2D eigenvalue weighted by atomic mass is 19.1. The van der Waals surface area contributed by atoms with Gasteiger partial charge < -0.3 is 15.4 Å². The maximum atomic E-state index is 12.9. The molecule has 18 heavy (non-hydrogen) atoms. The van der Waals surface area contributed by atoms with E-state index in [1.54, 1.807) is 7.11 Å². The van der Waals surface area contributed by atoms with E-state index in [2.05, 4.69) is 10.6 Å². The van der Waals surface area contributed by atoms with E-state index in [4.69, 9.17) is 4.74 Å². The summed E-state index contributed by atoms with van der Waals surface area (Å²) in [5, 5.41) is 6.40. The van der Waals surface area contributed by atoms with Crippen molar-refractivity contribution in [1.29, 1.82) is 0 Å². The Balaban J connectivity index is 2.26. The predicted octanol–water partition coefficient (Wildman–Crippen LogP) is 1.68. The molecule has 0 fully saturated rings. The second-order valence-electron chi connectivity index (χ2n) is 4.26. The lowest BCUT2D eigenvalue weighted by Gasteiger charge is -2.14. The van der Waals surface area contributed by atoms with E-state index in [1.165, 1.54) is 12.1 Å². The van der Waals surface area contributed by atoms with E-state index in [9.17, 15) is 8.78 Å². The highest BCUT2D eigenvalue weighted by Crippen LogP contribution is 2.07. The first kappa shape index (κ1) is 15.0. The van der Waals surface area contributed by atoms with Crippen LogP contribution in [-0.4, -0.2) is 32.8 Å². The van der Waals surface area contributed by atoms with Crippen LogP contribution in [0.3, 0.4) is 0 Å². The van der Waals surface area contributed by atoms with Crippen molar-refractivity contribution in [2.45, 2.75) is 19.5 Å². The smallest absolute Gasteiger partial charge is 0.126 e. The van der Waals surface area contributed by atoms with E-state index in [0.717, 1.165) is 19.2 Å². The van der Waals surface area contributed by atoms with E-state index in [1.807, 2.05) is 6.92 Å². The molecule has 1 unspecified atom stereocenters. The van der Waals surface area contributed by atoms with Crippen molar-refractivity contribution in [2.24, 2.45) is 0 Å². The average molecular weight is 258 g/mol. The van der Waals surface area contributed by atoms with Crippen LogP contribution in [0.5, 0.6) is 0 Å². The van der Waals surface area contributed by atoms with Crippen LogP contribution in [0, 0.1) is 11.6 Å². The summed E-state index contributed by atoms with van der Waals surface area (Å²) in [7, 11) is 1.65. The van der Waals surface area contributed by atoms with Crippen molar-refractivity contribution < 1.29 is 13.5 Å². The zero-order valence-electron chi connectivity index (χ0n) is 10.8. The van der Waals surface area contributed by atoms with Crippen molar-refractivity contribution in [1.82, 2.24) is 10.6 Å². The summed E-state index contributed by atoms with van der Waals surface area (Å²) in [4.78, 5) is 0. The summed E-state index contributed by atoms with van der Waals surface area (Å²) in [6.45, 7) is 4.69. The molecule has 0 saturated heterocycles. The Morgan fingerprint density at radius 1 is 1.22 bits per heavy atom. The molecule has 0 saturated carbocycles. The fourth-order valence-electron chi connectivity index (χ4n) is 1.57. The lowest BCUT2D eigenvalue weighted by atomic mass is 10.2. The van der Waals surface area contributed by atoms with Gasteiger partial charge in [0, 0.05) is 38.9 Å². The van der Waals surface area contributed by atoms with Gasteiger partial charge in [0.1, 0.15) is 11.6 Å². The molecule has 1 aromatic carbocycles. The van der Waals surface area contributed by atoms with Gasteiger partial charge in [-0.1, -0.05) is 0 Å². The average Bonchev–Trinajstić information content (AvgIpc) is 2.31. The molecule has 102 valence electrons. The summed E-state index contributed by atoms with van der Waals surface area (Å²) in [5.41, 5.74) is 0.608. The van der Waals surface area contributed by atoms with Crippen LogP contribution in [0.4, 0.5) is 8.78 Å². The molecule has 2 N–H and O–H groups in total. The number of hydrogen-bond donors (Lipinski definition) is 2. The third-order valence-corrected chi connectivity index (χ3v) is 2.51. The predicted molar refractivity (Wildman–Crippen MR) is 67.4 cm³/mol. The van der Waals surface area contributed by atoms with Crippen LogP contribution in [0.15, 0.2) is 18.2 Å². The van der Waals surface area contributed by atoms with Gasteiger partial charge in [0.05, 0.1) is 6.61 Å². The molecule has 5 heteroatoms. The van der Waals surface area contributed by atoms with Crippen LogP contribution in [0.2, 0.25) is 0 Å². The van der Waals surface area contributed by atoms with Gasteiger partial charge in [-0.05, 0) is 24.6 Å². The minimum Gasteiger partial charge on any atom is -0.383 e. The summed E-state index contributed by atoms with van der Waals surface area (Å²) < 4.78 is 30.8. The number of methoxy groups -OCH3 is 1. The molecular formula is C13H20F2N2O. The SMILES string of the molecule is COCCNCC(C)NCc1cc(F)cc(F)c1. The van der Waals surface area contributed by atoms with Gasteiger partial charge >= 0.3 is 0 Å². The third kappa shape index (κ3) is 6.05. The Morgan fingerprint density at radius 2 is 1.89 bits per heavy atom. The highest BCUT2D eigenvalue weighted by Gasteiger charge is 2.03. The van der Waals surface area contributed by atoms with E-state index < -0.39 is 11.6 Å². The zero-order chi connectivity index (χ0) is 13.4. The number of benzene rings is 1. The maximum absolute atomic E-state index is 12.9. The molecule has 0 aliphatic rings. The van der Waals surface area contributed by atoms with Crippen LogP contribution in [0.25, 0.3) is 0 Å². The standard InChI is InChI=1S/C13H20F2N2O/c1-10(8-16-3-4-18-2)17-9-11-5-12(14)7-13(15)6-11/h5-7,10,16-17H,3-4,8-9H2,1-2H3. The van der Waals surface area contributed by atoms with Crippen LogP contribution in [0.1, 0.15) is 12.5 Å². The molecule has 0 bridgehead atoms. The number of nitrogens with one attached hydrogen (secondary N) is 2. The van der Waals surface area contributed by atoms with Crippen molar-refractivity contribution in [3.63, 3.8) is 0 Å². The molecule has 0 aliphatic carbocycles. The minimum atomic E-state index is -0.544. The Hall–Kier alpha value is -1.04. The highest BCUT2D eigenvalue weighted by molar-refractivity contribution is 5.17. The van der Waals surface area contributed by atoms with Gasteiger partial charge in [-0.25, -0.2) is 8.78 Å². The summed E-state index contributed by atoms with van der Waals surface area (Å²) in [6, 6.07) is 3.76. The molecule has 0 heterocycles. The van der Waals surface area contributed by atoms with Crippen molar-refractivity contribution in [2.75, 3.05) is 26.8 Å². The number of rotatable bonds is 8. The second-order valence-corrected chi connectivity index (χ2v) is 4.26. The first-order valence-corrected chi connectivity index (χ1v) is 6.00. The first-order valence-electron chi connectivity index (χ1n) is 6.00. The van der Waals surface area contributed by atoms with Crippen LogP contribution in [-0.2, 0) is 11.3 Å². The topological polar surface area (TPSA) is 33.3 Å². The van der Waals surface area contributed by atoms with Crippen molar-refractivity contribution in [3.05, 3.63) is 35.4 Å². The van der Waals surface area contributed by atoms with Gasteiger partial charge in [-0.3, -0.25) is 0 Å². The van der Waals surface area contributed by atoms with Gasteiger partial charge in [0.15, 0.2) is 0 Å².